The topological polar surface area (TPSA) is 91.2 Å². The van der Waals surface area contributed by atoms with Crippen LogP contribution in [0, 0.1) is 0 Å². The van der Waals surface area contributed by atoms with Gasteiger partial charge in [0.25, 0.3) is 5.91 Å². The molecule has 0 saturated heterocycles. The summed E-state index contributed by atoms with van der Waals surface area (Å²) in [5.74, 6) is 1.85. The molecule has 1 N–H and O–H groups in total. The highest BCUT2D eigenvalue weighted by atomic mass is 35.5. The van der Waals surface area contributed by atoms with E-state index in [9.17, 15) is 4.79 Å². The molecule has 0 unspecified atom stereocenters. The lowest BCUT2D eigenvalue weighted by Gasteiger charge is -2.09. The third kappa shape index (κ3) is 5.12. The molecule has 0 atom stereocenters. The molecule has 150 valence electrons. The van der Waals surface area contributed by atoms with E-state index in [1.165, 1.54) is 0 Å². The van der Waals surface area contributed by atoms with Gasteiger partial charge in [-0.25, -0.2) is 4.98 Å². The summed E-state index contributed by atoms with van der Waals surface area (Å²) in [5, 5.41) is 11.5. The van der Waals surface area contributed by atoms with Crippen LogP contribution in [-0.4, -0.2) is 32.3 Å². The second-order valence-electron chi connectivity index (χ2n) is 6.12. The third-order valence-electron chi connectivity index (χ3n) is 3.94. The van der Waals surface area contributed by atoms with E-state index in [1.54, 1.807) is 84.0 Å². The quantitative estimate of drug-likeness (QED) is 0.482. The highest BCUT2D eigenvalue weighted by Crippen LogP contribution is 2.21. The van der Waals surface area contributed by atoms with Crippen molar-refractivity contribution >= 4 is 23.2 Å². The zero-order valence-electron chi connectivity index (χ0n) is 15.6. The summed E-state index contributed by atoms with van der Waals surface area (Å²) in [6.07, 6.45) is 5.08. The van der Waals surface area contributed by atoms with Gasteiger partial charge in [0.05, 0.1) is 0 Å². The van der Waals surface area contributed by atoms with E-state index in [2.05, 4.69) is 20.5 Å². The number of ether oxygens (including phenoxy) is 2. The van der Waals surface area contributed by atoms with Gasteiger partial charge in [0.1, 0.15) is 17.8 Å². The summed E-state index contributed by atoms with van der Waals surface area (Å²) in [6.45, 7) is -0.112. The summed E-state index contributed by atoms with van der Waals surface area (Å²) in [7, 11) is 0. The number of hydrogen-bond acceptors (Lipinski definition) is 6. The summed E-state index contributed by atoms with van der Waals surface area (Å²) < 4.78 is 12.8. The summed E-state index contributed by atoms with van der Waals surface area (Å²) in [4.78, 5) is 16.0. The summed E-state index contributed by atoms with van der Waals surface area (Å²) >= 11 is 5.82. The second kappa shape index (κ2) is 9.06. The molecule has 2 aromatic carbocycles. The Morgan fingerprint density at radius 1 is 0.967 bits per heavy atom. The smallest absolute Gasteiger partial charge is 0.262 e. The van der Waals surface area contributed by atoms with Crippen molar-refractivity contribution in [2.24, 2.45) is 0 Å². The minimum atomic E-state index is -0.278. The van der Waals surface area contributed by atoms with Crippen LogP contribution in [0.1, 0.15) is 0 Å². The van der Waals surface area contributed by atoms with Crippen LogP contribution >= 0.6 is 11.6 Å². The normalized spacial score (nSPS) is 10.4. The first kappa shape index (κ1) is 19.4. The van der Waals surface area contributed by atoms with Crippen LogP contribution in [0.3, 0.4) is 0 Å². The van der Waals surface area contributed by atoms with E-state index >= 15 is 0 Å². The molecule has 2 heterocycles. The Morgan fingerprint density at radius 2 is 1.73 bits per heavy atom. The number of amides is 1. The Bertz CT molecular complexity index is 1100. The lowest BCUT2D eigenvalue weighted by atomic mass is 10.3. The van der Waals surface area contributed by atoms with Crippen molar-refractivity contribution in [2.45, 2.75) is 0 Å². The molecule has 2 aromatic heterocycles. The Morgan fingerprint density at radius 3 is 2.40 bits per heavy atom. The summed E-state index contributed by atoms with van der Waals surface area (Å²) in [5.41, 5.74) is 0.619. The Hall–Kier alpha value is -3.91. The SMILES string of the molecule is O=C(COc1ccc(Cl)cc1)Nc1ccc(Oc2ccc(-n3ccnc3)nn2)cc1. The molecule has 0 radical (unpaired) electrons. The molecule has 0 bridgehead atoms. The second-order valence-corrected chi connectivity index (χ2v) is 6.55. The molecule has 0 spiro atoms. The first-order chi connectivity index (χ1) is 14.7. The number of carbonyl (C=O) groups is 1. The molecule has 0 aliphatic heterocycles. The number of rotatable bonds is 7. The molecule has 30 heavy (non-hydrogen) atoms. The molecule has 1 amide bonds. The van der Waals surface area contributed by atoms with Crippen molar-refractivity contribution in [3.05, 3.63) is 84.4 Å². The van der Waals surface area contributed by atoms with Crippen LogP contribution in [0.4, 0.5) is 5.69 Å². The number of nitrogens with zero attached hydrogens (tertiary/aromatic N) is 4. The first-order valence-corrected chi connectivity index (χ1v) is 9.32. The van der Waals surface area contributed by atoms with Gasteiger partial charge in [-0.3, -0.25) is 9.36 Å². The van der Waals surface area contributed by atoms with Crippen LogP contribution in [0.5, 0.6) is 17.4 Å². The predicted molar refractivity (Wildman–Crippen MR) is 111 cm³/mol. The molecular formula is C21H16ClN5O3. The van der Waals surface area contributed by atoms with Crippen molar-refractivity contribution in [1.29, 1.82) is 0 Å². The molecule has 0 fully saturated rings. The molecule has 0 saturated carbocycles. The standard InChI is InChI=1S/C21H16ClN5O3/c22-15-1-5-17(6-2-15)29-13-20(28)24-16-3-7-18(8-4-16)30-21-10-9-19(25-26-21)27-12-11-23-14-27/h1-12,14H,13H2,(H,24,28). The Kier molecular flexibility index (Phi) is 5.86. The molecule has 0 aliphatic carbocycles. The van der Waals surface area contributed by atoms with Gasteiger partial charge in [0.2, 0.25) is 5.88 Å². The van der Waals surface area contributed by atoms with Crippen LogP contribution in [-0.2, 0) is 4.79 Å². The van der Waals surface area contributed by atoms with Gasteiger partial charge in [0, 0.05) is 29.2 Å². The van der Waals surface area contributed by atoms with Gasteiger partial charge in [-0.2, -0.15) is 0 Å². The van der Waals surface area contributed by atoms with E-state index in [4.69, 9.17) is 21.1 Å². The largest absolute Gasteiger partial charge is 0.484 e. The molecule has 4 rings (SSSR count). The van der Waals surface area contributed by atoms with Crippen molar-refractivity contribution in [3.63, 3.8) is 0 Å². The molecular weight excluding hydrogens is 406 g/mol. The maximum absolute atomic E-state index is 12.0. The molecule has 0 aliphatic rings. The fourth-order valence-corrected chi connectivity index (χ4v) is 2.63. The maximum atomic E-state index is 12.0. The number of anilines is 1. The maximum Gasteiger partial charge on any atom is 0.262 e. The highest BCUT2D eigenvalue weighted by molar-refractivity contribution is 6.30. The van der Waals surface area contributed by atoms with Crippen molar-refractivity contribution < 1.29 is 14.3 Å². The number of aromatic nitrogens is 4. The number of imidazole rings is 1. The number of benzene rings is 2. The first-order valence-electron chi connectivity index (χ1n) is 8.94. The van der Waals surface area contributed by atoms with Crippen molar-refractivity contribution in [3.8, 4) is 23.2 Å². The average molecular weight is 422 g/mol. The van der Waals surface area contributed by atoms with Crippen LogP contribution in [0.15, 0.2) is 79.4 Å². The monoisotopic (exact) mass is 421 g/mol. The van der Waals surface area contributed by atoms with Crippen LogP contribution < -0.4 is 14.8 Å². The van der Waals surface area contributed by atoms with Crippen molar-refractivity contribution in [1.82, 2.24) is 19.7 Å². The highest BCUT2D eigenvalue weighted by Gasteiger charge is 2.06. The Labute approximate surface area is 177 Å². The van der Waals surface area contributed by atoms with E-state index in [0.717, 1.165) is 0 Å². The van der Waals surface area contributed by atoms with Gasteiger partial charge in [0.15, 0.2) is 12.4 Å². The molecule has 8 nitrogen and oxygen atoms in total. The van der Waals surface area contributed by atoms with Gasteiger partial charge >= 0.3 is 0 Å². The van der Waals surface area contributed by atoms with Gasteiger partial charge in [-0.05, 0) is 54.6 Å². The minimum absolute atomic E-state index is 0.112. The molecule has 4 aromatic rings. The summed E-state index contributed by atoms with van der Waals surface area (Å²) in [6, 6.07) is 17.2. The number of halogens is 1. The Balaban J connectivity index is 1.29. The van der Waals surface area contributed by atoms with E-state index in [1.807, 2.05) is 0 Å². The number of carbonyl (C=O) groups excluding carboxylic acids is 1. The fourth-order valence-electron chi connectivity index (χ4n) is 2.50. The third-order valence-corrected chi connectivity index (χ3v) is 4.19. The lowest BCUT2D eigenvalue weighted by molar-refractivity contribution is -0.118. The van der Waals surface area contributed by atoms with E-state index in [-0.39, 0.29) is 12.5 Å². The van der Waals surface area contributed by atoms with E-state index < -0.39 is 0 Å². The van der Waals surface area contributed by atoms with Gasteiger partial charge in [-0.1, -0.05) is 11.6 Å². The predicted octanol–water partition coefficient (Wildman–Crippen LogP) is 4.13. The molecule has 9 heteroatoms. The fraction of sp³-hybridized carbons (Fsp3) is 0.0476. The van der Waals surface area contributed by atoms with Crippen LogP contribution in [0.2, 0.25) is 5.02 Å². The van der Waals surface area contributed by atoms with E-state index in [0.29, 0.717) is 33.9 Å². The van der Waals surface area contributed by atoms with Gasteiger partial charge in [-0.15, -0.1) is 10.2 Å². The van der Waals surface area contributed by atoms with Crippen molar-refractivity contribution in [2.75, 3.05) is 11.9 Å². The number of hydrogen-bond donors (Lipinski definition) is 1. The lowest BCUT2D eigenvalue weighted by Crippen LogP contribution is -2.20. The number of nitrogens with one attached hydrogen (secondary N) is 1. The van der Waals surface area contributed by atoms with Gasteiger partial charge < -0.3 is 14.8 Å². The minimum Gasteiger partial charge on any atom is -0.484 e. The zero-order chi connectivity index (χ0) is 20.8. The average Bonchev–Trinajstić information content (AvgIpc) is 3.30. The van der Waals surface area contributed by atoms with Crippen LogP contribution in [0.25, 0.3) is 5.82 Å². The zero-order valence-corrected chi connectivity index (χ0v) is 16.4.